The number of rotatable bonds is 6. The lowest BCUT2D eigenvalue weighted by molar-refractivity contribution is -0.0424. The zero-order chi connectivity index (χ0) is 22.5. The lowest BCUT2D eigenvalue weighted by Gasteiger charge is -2.24. The fourth-order valence-electron chi connectivity index (χ4n) is 3.36. The van der Waals surface area contributed by atoms with Crippen molar-refractivity contribution in [3.8, 4) is 11.5 Å². The van der Waals surface area contributed by atoms with E-state index in [-0.39, 0.29) is 22.6 Å². The summed E-state index contributed by atoms with van der Waals surface area (Å²) in [6.07, 6.45) is -1.62. The minimum Gasteiger partial charge on any atom is -0.457 e. The first-order chi connectivity index (χ1) is 15.5. The van der Waals surface area contributed by atoms with Gasteiger partial charge in [-0.3, -0.25) is 4.79 Å². The van der Waals surface area contributed by atoms with E-state index >= 15 is 0 Å². The predicted molar refractivity (Wildman–Crippen MR) is 121 cm³/mol. The van der Waals surface area contributed by atoms with Gasteiger partial charge in [0.05, 0.1) is 17.7 Å². The summed E-state index contributed by atoms with van der Waals surface area (Å²) in [6, 6.07) is 18.9. The smallest absolute Gasteiger partial charge is 0.255 e. The van der Waals surface area contributed by atoms with Gasteiger partial charge >= 0.3 is 0 Å². The molecule has 1 fully saturated rings. The Morgan fingerprint density at radius 3 is 2.41 bits per heavy atom. The summed E-state index contributed by atoms with van der Waals surface area (Å²) in [5.41, 5.74) is 2.45. The molecule has 7 nitrogen and oxygen atoms in total. The molecule has 3 aromatic rings. The van der Waals surface area contributed by atoms with Gasteiger partial charge < -0.3 is 30.3 Å². The third kappa shape index (κ3) is 5.45. The molecule has 0 aromatic heterocycles. The van der Waals surface area contributed by atoms with Crippen LogP contribution >= 0.6 is 11.6 Å². The van der Waals surface area contributed by atoms with Gasteiger partial charge in [-0.1, -0.05) is 23.7 Å². The SMILES string of the molecule is O=C(Nc1ccc(C2CNCCO2)cc1)c1ccc(Oc2ccc(C(O)O)c(Cl)c2)cc1. The van der Waals surface area contributed by atoms with Crippen LogP contribution < -0.4 is 15.4 Å². The minimum atomic E-state index is -1.65. The summed E-state index contributed by atoms with van der Waals surface area (Å²) >= 11 is 6.03. The summed E-state index contributed by atoms with van der Waals surface area (Å²) in [5, 5.41) is 24.8. The van der Waals surface area contributed by atoms with Crippen molar-refractivity contribution in [1.29, 1.82) is 0 Å². The van der Waals surface area contributed by atoms with Gasteiger partial charge in [0, 0.05) is 29.9 Å². The van der Waals surface area contributed by atoms with Crippen molar-refractivity contribution in [2.45, 2.75) is 12.4 Å². The molecule has 1 heterocycles. The molecule has 1 atom stereocenters. The number of aliphatic hydroxyl groups excluding tert-OH is 1. The molecule has 3 aromatic carbocycles. The molecule has 166 valence electrons. The van der Waals surface area contributed by atoms with Gasteiger partial charge in [0.1, 0.15) is 11.5 Å². The van der Waals surface area contributed by atoms with Gasteiger partial charge in [-0.05, 0) is 60.2 Å². The van der Waals surface area contributed by atoms with Crippen molar-refractivity contribution in [3.05, 3.63) is 88.4 Å². The molecule has 8 heteroatoms. The van der Waals surface area contributed by atoms with Crippen LogP contribution in [0.15, 0.2) is 66.7 Å². The summed E-state index contributed by atoms with van der Waals surface area (Å²) < 4.78 is 11.5. The molecule has 1 aliphatic rings. The Labute approximate surface area is 190 Å². The molecule has 0 spiro atoms. The van der Waals surface area contributed by atoms with Crippen LogP contribution in [0.1, 0.15) is 33.9 Å². The van der Waals surface area contributed by atoms with Crippen molar-refractivity contribution >= 4 is 23.2 Å². The molecule has 1 unspecified atom stereocenters. The summed E-state index contributed by atoms with van der Waals surface area (Å²) in [4.78, 5) is 12.6. The molecule has 4 N–H and O–H groups in total. The largest absolute Gasteiger partial charge is 0.457 e. The first kappa shape index (κ1) is 22.3. The summed E-state index contributed by atoms with van der Waals surface area (Å²) in [5.74, 6) is 0.721. The molecule has 0 saturated carbocycles. The van der Waals surface area contributed by atoms with Gasteiger partial charge in [0.25, 0.3) is 5.91 Å². The number of hydrogen-bond acceptors (Lipinski definition) is 6. The minimum absolute atomic E-state index is 0.0286. The normalized spacial score (nSPS) is 16.1. The highest BCUT2D eigenvalue weighted by Crippen LogP contribution is 2.29. The van der Waals surface area contributed by atoms with Crippen LogP contribution in [0.5, 0.6) is 11.5 Å². The molecule has 0 aliphatic carbocycles. The number of carbonyl (C=O) groups excluding carboxylic acids is 1. The van der Waals surface area contributed by atoms with Crippen LogP contribution in [0, 0.1) is 0 Å². The molecule has 4 rings (SSSR count). The van der Waals surface area contributed by atoms with Gasteiger partial charge in [0.2, 0.25) is 0 Å². The number of halogens is 1. The van der Waals surface area contributed by atoms with E-state index in [9.17, 15) is 15.0 Å². The second kappa shape index (κ2) is 10.1. The highest BCUT2D eigenvalue weighted by atomic mass is 35.5. The van der Waals surface area contributed by atoms with Gasteiger partial charge in [-0.15, -0.1) is 0 Å². The average Bonchev–Trinajstić information content (AvgIpc) is 2.80. The first-order valence-corrected chi connectivity index (χ1v) is 10.5. The molecule has 1 amide bonds. The average molecular weight is 455 g/mol. The molecule has 0 radical (unpaired) electrons. The van der Waals surface area contributed by atoms with Crippen LogP contribution in [0.4, 0.5) is 5.69 Å². The number of anilines is 1. The van der Waals surface area contributed by atoms with Crippen LogP contribution in [-0.2, 0) is 4.74 Å². The second-order valence-corrected chi connectivity index (χ2v) is 7.73. The Balaban J connectivity index is 1.36. The number of benzene rings is 3. The van der Waals surface area contributed by atoms with Crippen molar-refractivity contribution in [2.24, 2.45) is 0 Å². The van der Waals surface area contributed by atoms with Crippen molar-refractivity contribution in [1.82, 2.24) is 5.32 Å². The van der Waals surface area contributed by atoms with E-state index in [1.165, 1.54) is 12.1 Å². The lowest BCUT2D eigenvalue weighted by Crippen LogP contribution is -2.33. The van der Waals surface area contributed by atoms with E-state index in [0.29, 0.717) is 29.4 Å². The third-order valence-electron chi connectivity index (χ3n) is 5.07. The molecular formula is C24H23ClN2O5. The van der Waals surface area contributed by atoms with Crippen molar-refractivity contribution in [2.75, 3.05) is 25.0 Å². The van der Waals surface area contributed by atoms with Crippen LogP contribution in [0.25, 0.3) is 0 Å². The fraction of sp³-hybridized carbons (Fsp3) is 0.208. The Kier molecular flexibility index (Phi) is 7.04. The molecular weight excluding hydrogens is 432 g/mol. The van der Waals surface area contributed by atoms with E-state index in [1.54, 1.807) is 30.3 Å². The van der Waals surface area contributed by atoms with Gasteiger partial charge in [0.15, 0.2) is 6.29 Å². The topological polar surface area (TPSA) is 100 Å². The molecule has 1 aliphatic heterocycles. The highest BCUT2D eigenvalue weighted by molar-refractivity contribution is 6.31. The van der Waals surface area contributed by atoms with Crippen molar-refractivity contribution < 1.29 is 24.5 Å². The summed E-state index contributed by atoms with van der Waals surface area (Å²) in [6.45, 7) is 2.33. The zero-order valence-corrected chi connectivity index (χ0v) is 17.9. The maximum atomic E-state index is 12.6. The fourth-order valence-corrected chi connectivity index (χ4v) is 3.62. The highest BCUT2D eigenvalue weighted by Gasteiger charge is 2.16. The van der Waals surface area contributed by atoms with Gasteiger partial charge in [-0.25, -0.2) is 0 Å². The van der Waals surface area contributed by atoms with Crippen LogP contribution in [-0.4, -0.2) is 35.8 Å². The predicted octanol–water partition coefficient (Wildman–Crippen LogP) is 4.03. The monoisotopic (exact) mass is 454 g/mol. The van der Waals surface area contributed by atoms with E-state index < -0.39 is 6.29 Å². The molecule has 0 bridgehead atoms. The third-order valence-corrected chi connectivity index (χ3v) is 5.40. The Morgan fingerprint density at radius 2 is 1.78 bits per heavy atom. The van der Waals surface area contributed by atoms with Crippen molar-refractivity contribution in [3.63, 3.8) is 0 Å². The molecule has 1 saturated heterocycles. The number of hydrogen-bond donors (Lipinski definition) is 4. The van der Waals surface area contributed by atoms with E-state index in [4.69, 9.17) is 21.1 Å². The number of nitrogens with one attached hydrogen (secondary N) is 2. The maximum absolute atomic E-state index is 12.6. The first-order valence-electron chi connectivity index (χ1n) is 10.2. The standard InChI is InChI=1S/C24H23ClN2O5/c25-21-13-19(9-10-20(21)24(29)30)32-18-7-3-16(4-8-18)23(28)27-17-5-1-15(2-6-17)22-14-26-11-12-31-22/h1-10,13,22,24,26,29-30H,11-12,14H2,(H,27,28). The van der Waals surface area contributed by atoms with Crippen LogP contribution in [0.3, 0.4) is 0 Å². The van der Waals surface area contributed by atoms with Crippen LogP contribution in [0.2, 0.25) is 5.02 Å². The van der Waals surface area contributed by atoms with E-state index in [0.717, 1.165) is 18.7 Å². The Bertz CT molecular complexity index is 1060. The van der Waals surface area contributed by atoms with E-state index in [2.05, 4.69) is 10.6 Å². The Hall–Kier alpha value is -2.94. The zero-order valence-electron chi connectivity index (χ0n) is 17.1. The van der Waals surface area contributed by atoms with Gasteiger partial charge in [-0.2, -0.15) is 0 Å². The van der Waals surface area contributed by atoms with E-state index in [1.807, 2.05) is 24.3 Å². The molecule has 32 heavy (non-hydrogen) atoms. The maximum Gasteiger partial charge on any atom is 0.255 e. The second-order valence-electron chi connectivity index (χ2n) is 7.32. The number of aliphatic hydroxyl groups is 2. The number of ether oxygens (including phenoxy) is 2. The number of morpholine rings is 1. The number of carbonyl (C=O) groups is 1. The summed E-state index contributed by atoms with van der Waals surface area (Å²) in [7, 11) is 0. The quantitative estimate of drug-likeness (QED) is 0.420. The Morgan fingerprint density at radius 1 is 1.06 bits per heavy atom. The lowest BCUT2D eigenvalue weighted by atomic mass is 10.1. The number of amides is 1.